The molecule has 0 spiro atoms. The van der Waals surface area contributed by atoms with Crippen molar-refractivity contribution in [3.63, 3.8) is 0 Å². The third kappa shape index (κ3) is 4.34. The number of rotatable bonds is 1. The molecule has 0 unspecified atom stereocenters. The Balaban J connectivity index is 0.000000492. The van der Waals surface area contributed by atoms with Gasteiger partial charge in [0.1, 0.15) is 0 Å². The van der Waals surface area contributed by atoms with Crippen molar-refractivity contribution in [3.05, 3.63) is 59.2 Å². The SMILES string of the molecule is CCO.Cc1ccc(-c2cc(C)cc(C)c2)cc1. The maximum atomic E-state index is 7.57. The molecule has 1 N–H and O–H groups in total. The molecule has 0 saturated heterocycles. The smallest absolute Gasteiger partial charge is 0.0402 e. The molecule has 0 saturated carbocycles. The fourth-order valence-corrected chi connectivity index (χ4v) is 1.89. The first-order valence-corrected chi connectivity index (χ1v) is 6.33. The molecule has 0 aromatic heterocycles. The number of benzene rings is 2. The van der Waals surface area contributed by atoms with Gasteiger partial charge in [-0.25, -0.2) is 0 Å². The summed E-state index contributed by atoms with van der Waals surface area (Å²) in [5.74, 6) is 0. The van der Waals surface area contributed by atoms with E-state index in [1.54, 1.807) is 6.92 Å². The van der Waals surface area contributed by atoms with Crippen LogP contribution in [-0.2, 0) is 0 Å². The summed E-state index contributed by atoms with van der Waals surface area (Å²) in [7, 11) is 0. The predicted molar refractivity (Wildman–Crippen MR) is 78.8 cm³/mol. The Morgan fingerprint density at radius 3 is 1.61 bits per heavy atom. The van der Waals surface area contributed by atoms with Gasteiger partial charge < -0.3 is 5.11 Å². The molecular formula is C17H22O. The van der Waals surface area contributed by atoms with E-state index in [1.807, 2.05) is 0 Å². The molecule has 0 fully saturated rings. The Kier molecular flexibility index (Phi) is 5.60. The highest BCUT2D eigenvalue weighted by molar-refractivity contribution is 5.65. The van der Waals surface area contributed by atoms with Crippen LogP contribution in [0, 0.1) is 20.8 Å². The summed E-state index contributed by atoms with van der Waals surface area (Å²) < 4.78 is 0. The minimum atomic E-state index is 0.250. The molecule has 2 aromatic carbocycles. The van der Waals surface area contributed by atoms with Gasteiger partial charge in [0.05, 0.1) is 0 Å². The van der Waals surface area contributed by atoms with Gasteiger partial charge in [-0.05, 0) is 38.8 Å². The number of hydrogen-bond acceptors (Lipinski definition) is 1. The van der Waals surface area contributed by atoms with Crippen LogP contribution in [-0.4, -0.2) is 11.7 Å². The standard InChI is InChI=1S/C15H16.C2H6O/c1-11-4-6-14(7-5-11)15-9-12(2)8-13(3)10-15;1-2-3/h4-10H,1-3H3;3H,2H2,1H3. The summed E-state index contributed by atoms with van der Waals surface area (Å²) in [6.07, 6.45) is 0. The molecule has 2 rings (SSSR count). The van der Waals surface area contributed by atoms with Crippen LogP contribution < -0.4 is 0 Å². The summed E-state index contributed by atoms with van der Waals surface area (Å²) in [5.41, 5.74) is 6.57. The minimum absolute atomic E-state index is 0.250. The van der Waals surface area contributed by atoms with E-state index in [0.717, 1.165) is 0 Å². The van der Waals surface area contributed by atoms with E-state index in [4.69, 9.17) is 5.11 Å². The lowest BCUT2D eigenvalue weighted by Crippen LogP contribution is -1.82. The van der Waals surface area contributed by atoms with Gasteiger partial charge in [0.25, 0.3) is 0 Å². The zero-order valence-electron chi connectivity index (χ0n) is 11.7. The van der Waals surface area contributed by atoms with Gasteiger partial charge in [-0.2, -0.15) is 0 Å². The van der Waals surface area contributed by atoms with Crippen LogP contribution in [0.1, 0.15) is 23.6 Å². The Morgan fingerprint density at radius 2 is 1.17 bits per heavy atom. The van der Waals surface area contributed by atoms with Crippen molar-refractivity contribution in [2.24, 2.45) is 0 Å². The van der Waals surface area contributed by atoms with Crippen molar-refractivity contribution in [1.82, 2.24) is 0 Å². The first kappa shape index (κ1) is 14.5. The van der Waals surface area contributed by atoms with E-state index in [9.17, 15) is 0 Å². The first-order valence-electron chi connectivity index (χ1n) is 6.33. The maximum absolute atomic E-state index is 7.57. The van der Waals surface area contributed by atoms with Crippen LogP contribution >= 0.6 is 0 Å². The Morgan fingerprint density at radius 1 is 0.722 bits per heavy atom. The zero-order valence-corrected chi connectivity index (χ0v) is 11.7. The summed E-state index contributed by atoms with van der Waals surface area (Å²) in [5, 5.41) is 7.57. The normalized spacial score (nSPS) is 9.61. The van der Waals surface area contributed by atoms with E-state index >= 15 is 0 Å². The molecule has 96 valence electrons. The molecule has 2 aromatic rings. The van der Waals surface area contributed by atoms with Crippen LogP contribution in [0.15, 0.2) is 42.5 Å². The van der Waals surface area contributed by atoms with E-state index in [0.29, 0.717) is 0 Å². The molecule has 0 aliphatic heterocycles. The monoisotopic (exact) mass is 242 g/mol. The van der Waals surface area contributed by atoms with Gasteiger partial charge in [0.15, 0.2) is 0 Å². The van der Waals surface area contributed by atoms with Crippen molar-refractivity contribution in [1.29, 1.82) is 0 Å². The lowest BCUT2D eigenvalue weighted by molar-refractivity contribution is 0.318. The van der Waals surface area contributed by atoms with E-state index in [1.165, 1.54) is 27.8 Å². The molecule has 1 nitrogen and oxygen atoms in total. The van der Waals surface area contributed by atoms with E-state index in [-0.39, 0.29) is 6.61 Å². The van der Waals surface area contributed by atoms with Crippen molar-refractivity contribution in [2.75, 3.05) is 6.61 Å². The summed E-state index contributed by atoms with van der Waals surface area (Å²) in [6.45, 7) is 8.33. The number of hydrogen-bond donors (Lipinski definition) is 1. The molecule has 0 aliphatic carbocycles. The van der Waals surface area contributed by atoms with Gasteiger partial charge in [-0.3, -0.25) is 0 Å². The highest BCUT2D eigenvalue weighted by Gasteiger charge is 1.98. The lowest BCUT2D eigenvalue weighted by atomic mass is 10.00. The molecule has 0 radical (unpaired) electrons. The van der Waals surface area contributed by atoms with Gasteiger partial charge in [-0.15, -0.1) is 0 Å². The predicted octanol–water partition coefficient (Wildman–Crippen LogP) is 4.28. The number of aryl methyl sites for hydroxylation is 3. The third-order valence-corrected chi connectivity index (χ3v) is 2.61. The van der Waals surface area contributed by atoms with Crippen LogP contribution in [0.2, 0.25) is 0 Å². The van der Waals surface area contributed by atoms with Gasteiger partial charge in [0.2, 0.25) is 0 Å². The molecule has 18 heavy (non-hydrogen) atoms. The fraction of sp³-hybridized carbons (Fsp3) is 0.294. The minimum Gasteiger partial charge on any atom is -0.397 e. The molecule has 0 heterocycles. The van der Waals surface area contributed by atoms with E-state index in [2.05, 4.69) is 63.2 Å². The largest absolute Gasteiger partial charge is 0.397 e. The highest BCUT2D eigenvalue weighted by Crippen LogP contribution is 2.22. The molecule has 0 aliphatic rings. The molecule has 0 amide bonds. The molecule has 1 heteroatoms. The Hall–Kier alpha value is -1.60. The first-order chi connectivity index (χ1) is 8.56. The molecule has 0 bridgehead atoms. The zero-order chi connectivity index (χ0) is 13.5. The highest BCUT2D eigenvalue weighted by atomic mass is 16.2. The molecule has 0 atom stereocenters. The average molecular weight is 242 g/mol. The van der Waals surface area contributed by atoms with Crippen molar-refractivity contribution < 1.29 is 5.11 Å². The van der Waals surface area contributed by atoms with Gasteiger partial charge >= 0.3 is 0 Å². The lowest BCUT2D eigenvalue weighted by Gasteiger charge is -2.05. The second-order valence-electron chi connectivity index (χ2n) is 4.56. The third-order valence-electron chi connectivity index (χ3n) is 2.61. The molecular weight excluding hydrogens is 220 g/mol. The fourth-order valence-electron chi connectivity index (χ4n) is 1.89. The van der Waals surface area contributed by atoms with Crippen molar-refractivity contribution in [3.8, 4) is 11.1 Å². The van der Waals surface area contributed by atoms with Gasteiger partial charge in [-0.1, -0.05) is 59.2 Å². The Bertz CT molecular complexity index is 463. The summed E-state index contributed by atoms with van der Waals surface area (Å²) in [4.78, 5) is 0. The van der Waals surface area contributed by atoms with Crippen LogP contribution in [0.5, 0.6) is 0 Å². The topological polar surface area (TPSA) is 20.2 Å². The maximum Gasteiger partial charge on any atom is 0.0402 e. The summed E-state index contributed by atoms with van der Waals surface area (Å²) >= 11 is 0. The van der Waals surface area contributed by atoms with Crippen molar-refractivity contribution >= 4 is 0 Å². The second kappa shape index (κ2) is 6.97. The average Bonchev–Trinajstić information content (AvgIpc) is 2.29. The van der Waals surface area contributed by atoms with Crippen LogP contribution in [0.25, 0.3) is 11.1 Å². The van der Waals surface area contributed by atoms with E-state index < -0.39 is 0 Å². The number of aliphatic hydroxyl groups is 1. The van der Waals surface area contributed by atoms with Crippen LogP contribution in [0.3, 0.4) is 0 Å². The quantitative estimate of drug-likeness (QED) is 0.791. The van der Waals surface area contributed by atoms with Gasteiger partial charge in [0, 0.05) is 6.61 Å². The number of aliphatic hydroxyl groups excluding tert-OH is 1. The van der Waals surface area contributed by atoms with Crippen molar-refractivity contribution in [2.45, 2.75) is 27.7 Å². The second-order valence-corrected chi connectivity index (χ2v) is 4.56. The Labute approximate surface area is 110 Å². The van der Waals surface area contributed by atoms with Crippen LogP contribution in [0.4, 0.5) is 0 Å². The summed E-state index contributed by atoms with van der Waals surface area (Å²) in [6, 6.07) is 15.4.